The molecule has 2 aliphatic rings. The SMILES string of the molecule is COC(=O)[C@H]1CCCCN1C1CCN(C(=O)[C@H](C)Cc2ccc(O)c(Br)c2)CC1. The number of likely N-dealkylation sites (tertiary alicyclic amines) is 2. The minimum absolute atomic E-state index is 0.110. The van der Waals surface area contributed by atoms with Crippen molar-refractivity contribution in [3.63, 3.8) is 0 Å². The van der Waals surface area contributed by atoms with Crippen LogP contribution in [0.2, 0.25) is 0 Å². The second-order valence-electron chi connectivity index (χ2n) is 8.22. The quantitative estimate of drug-likeness (QED) is 0.673. The third kappa shape index (κ3) is 5.31. The zero-order chi connectivity index (χ0) is 21.0. The van der Waals surface area contributed by atoms with Gasteiger partial charge in [-0.3, -0.25) is 14.5 Å². The van der Waals surface area contributed by atoms with Crippen molar-refractivity contribution in [3.8, 4) is 5.75 Å². The molecule has 1 N–H and O–H groups in total. The molecule has 1 aromatic carbocycles. The van der Waals surface area contributed by atoms with Gasteiger partial charge in [-0.1, -0.05) is 19.4 Å². The summed E-state index contributed by atoms with van der Waals surface area (Å²) >= 11 is 3.33. The van der Waals surface area contributed by atoms with E-state index in [9.17, 15) is 14.7 Å². The molecule has 3 rings (SSSR count). The van der Waals surface area contributed by atoms with Gasteiger partial charge >= 0.3 is 5.97 Å². The lowest BCUT2D eigenvalue weighted by molar-refractivity contribution is -0.151. The average Bonchev–Trinajstić information content (AvgIpc) is 2.75. The first-order chi connectivity index (χ1) is 13.9. The topological polar surface area (TPSA) is 70.1 Å². The van der Waals surface area contributed by atoms with E-state index < -0.39 is 0 Å². The summed E-state index contributed by atoms with van der Waals surface area (Å²) in [5, 5.41) is 9.64. The summed E-state index contributed by atoms with van der Waals surface area (Å²) < 4.78 is 5.66. The van der Waals surface area contributed by atoms with Crippen LogP contribution in [0, 0.1) is 5.92 Å². The Bertz CT molecular complexity index is 734. The fraction of sp³-hybridized carbons (Fsp3) is 0.636. The van der Waals surface area contributed by atoms with E-state index >= 15 is 0 Å². The third-order valence-corrected chi connectivity index (χ3v) is 6.87. The number of nitrogens with zero attached hydrogens (tertiary/aromatic N) is 2. The lowest BCUT2D eigenvalue weighted by Crippen LogP contribution is -2.54. The molecule has 1 amide bonds. The summed E-state index contributed by atoms with van der Waals surface area (Å²) in [6.07, 6.45) is 5.50. The van der Waals surface area contributed by atoms with Gasteiger partial charge in [-0.15, -0.1) is 0 Å². The lowest BCUT2D eigenvalue weighted by Gasteiger charge is -2.43. The monoisotopic (exact) mass is 466 g/mol. The fourth-order valence-corrected chi connectivity index (χ4v) is 5.05. The Labute approximate surface area is 181 Å². The van der Waals surface area contributed by atoms with Crippen molar-refractivity contribution in [2.45, 2.75) is 57.5 Å². The van der Waals surface area contributed by atoms with Gasteiger partial charge in [0.2, 0.25) is 5.91 Å². The zero-order valence-electron chi connectivity index (χ0n) is 17.3. The van der Waals surface area contributed by atoms with E-state index in [-0.39, 0.29) is 29.6 Å². The molecule has 0 bridgehead atoms. The maximum atomic E-state index is 12.9. The van der Waals surface area contributed by atoms with Crippen LogP contribution in [0.5, 0.6) is 5.75 Å². The van der Waals surface area contributed by atoms with E-state index in [1.807, 2.05) is 24.0 Å². The predicted molar refractivity (Wildman–Crippen MR) is 115 cm³/mol. The molecule has 1 aromatic rings. The van der Waals surface area contributed by atoms with Crippen molar-refractivity contribution in [3.05, 3.63) is 28.2 Å². The number of hydrogen-bond donors (Lipinski definition) is 1. The molecule has 29 heavy (non-hydrogen) atoms. The van der Waals surface area contributed by atoms with Crippen LogP contribution in [0.3, 0.4) is 0 Å². The molecule has 0 unspecified atom stereocenters. The Hall–Kier alpha value is -1.60. The van der Waals surface area contributed by atoms with E-state index in [4.69, 9.17) is 4.74 Å². The first-order valence-electron chi connectivity index (χ1n) is 10.5. The zero-order valence-corrected chi connectivity index (χ0v) is 18.9. The van der Waals surface area contributed by atoms with Crippen molar-refractivity contribution in [1.82, 2.24) is 9.80 Å². The standard InChI is InChI=1S/C22H31BrN2O4/c1-15(13-16-6-7-20(26)18(23)14-16)21(27)24-11-8-17(9-12-24)25-10-4-3-5-19(25)22(28)29-2/h6-7,14-15,17,19,26H,3-5,8-13H2,1-2H3/t15-,19-/m1/s1. The van der Waals surface area contributed by atoms with E-state index in [2.05, 4.69) is 20.8 Å². The molecule has 0 spiro atoms. The van der Waals surface area contributed by atoms with Gasteiger partial charge in [0.15, 0.2) is 0 Å². The molecule has 6 nitrogen and oxygen atoms in total. The summed E-state index contributed by atoms with van der Waals surface area (Å²) in [5.74, 6) is 0.145. The number of halogens is 1. The van der Waals surface area contributed by atoms with Crippen LogP contribution < -0.4 is 0 Å². The number of ether oxygens (including phenoxy) is 1. The molecule has 2 fully saturated rings. The van der Waals surface area contributed by atoms with Gasteiger partial charge in [0.25, 0.3) is 0 Å². The number of hydrogen-bond acceptors (Lipinski definition) is 5. The first kappa shape index (κ1) is 22.1. The molecular formula is C22H31BrN2O4. The van der Waals surface area contributed by atoms with Crippen molar-refractivity contribution in [1.29, 1.82) is 0 Å². The number of rotatable bonds is 5. The Morgan fingerprint density at radius 2 is 1.93 bits per heavy atom. The molecule has 0 saturated carbocycles. The molecule has 2 aliphatic heterocycles. The van der Waals surface area contributed by atoms with Gasteiger partial charge in [-0.05, 0) is 72.3 Å². The number of phenols is 1. The minimum atomic E-state index is -0.132. The Balaban J connectivity index is 1.54. The Morgan fingerprint density at radius 1 is 1.21 bits per heavy atom. The van der Waals surface area contributed by atoms with Crippen molar-refractivity contribution < 1.29 is 19.4 Å². The number of carbonyl (C=O) groups is 2. The largest absolute Gasteiger partial charge is 0.507 e. The van der Waals surface area contributed by atoms with E-state index in [0.29, 0.717) is 16.9 Å². The summed E-state index contributed by atoms with van der Waals surface area (Å²) in [7, 11) is 1.46. The maximum Gasteiger partial charge on any atom is 0.323 e. The van der Waals surface area contributed by atoms with Crippen LogP contribution in [0.25, 0.3) is 0 Å². The van der Waals surface area contributed by atoms with Crippen molar-refractivity contribution >= 4 is 27.8 Å². The number of esters is 1. The second-order valence-corrected chi connectivity index (χ2v) is 9.07. The van der Waals surface area contributed by atoms with E-state index in [1.165, 1.54) is 7.11 Å². The highest BCUT2D eigenvalue weighted by molar-refractivity contribution is 9.10. The summed E-state index contributed by atoms with van der Waals surface area (Å²) in [6, 6.07) is 5.59. The summed E-state index contributed by atoms with van der Waals surface area (Å²) in [4.78, 5) is 29.4. The fourth-order valence-electron chi connectivity index (χ4n) is 4.63. The van der Waals surface area contributed by atoms with Gasteiger partial charge in [-0.25, -0.2) is 0 Å². The molecule has 2 atom stereocenters. The van der Waals surface area contributed by atoms with Crippen LogP contribution >= 0.6 is 15.9 Å². The van der Waals surface area contributed by atoms with Gasteiger partial charge in [-0.2, -0.15) is 0 Å². The lowest BCUT2D eigenvalue weighted by atomic mass is 9.93. The van der Waals surface area contributed by atoms with E-state index in [0.717, 1.165) is 57.3 Å². The number of methoxy groups -OCH3 is 1. The number of piperidine rings is 2. The van der Waals surface area contributed by atoms with Crippen molar-refractivity contribution in [2.75, 3.05) is 26.7 Å². The number of carbonyl (C=O) groups excluding carboxylic acids is 2. The number of amides is 1. The normalized spacial score (nSPS) is 22.3. The van der Waals surface area contributed by atoms with E-state index in [1.54, 1.807) is 6.07 Å². The highest BCUT2D eigenvalue weighted by Crippen LogP contribution is 2.28. The molecule has 0 aromatic heterocycles. The third-order valence-electron chi connectivity index (χ3n) is 6.24. The van der Waals surface area contributed by atoms with Crippen LogP contribution in [-0.2, 0) is 20.7 Å². The number of aromatic hydroxyl groups is 1. The molecule has 2 saturated heterocycles. The van der Waals surface area contributed by atoms with Crippen molar-refractivity contribution in [2.24, 2.45) is 5.92 Å². The average molecular weight is 467 g/mol. The first-order valence-corrected chi connectivity index (χ1v) is 11.3. The Kier molecular flexibility index (Phi) is 7.57. The molecule has 2 heterocycles. The number of benzene rings is 1. The second kappa shape index (κ2) is 9.94. The minimum Gasteiger partial charge on any atom is -0.507 e. The molecule has 160 valence electrons. The predicted octanol–water partition coefficient (Wildman–Crippen LogP) is 3.35. The molecule has 0 radical (unpaired) electrons. The van der Waals surface area contributed by atoms with Crippen LogP contribution in [0.1, 0.15) is 44.6 Å². The van der Waals surface area contributed by atoms with Crippen LogP contribution in [0.4, 0.5) is 0 Å². The molecular weight excluding hydrogens is 436 g/mol. The highest BCUT2D eigenvalue weighted by Gasteiger charge is 2.36. The highest BCUT2D eigenvalue weighted by atomic mass is 79.9. The summed E-state index contributed by atoms with van der Waals surface area (Å²) in [6.45, 7) is 4.37. The van der Waals surface area contributed by atoms with Crippen LogP contribution in [-0.4, -0.2) is 65.6 Å². The summed E-state index contributed by atoms with van der Waals surface area (Å²) in [5.41, 5.74) is 1.03. The van der Waals surface area contributed by atoms with Gasteiger partial charge < -0.3 is 14.7 Å². The molecule has 7 heteroatoms. The number of phenolic OH excluding ortho intramolecular Hbond substituents is 1. The van der Waals surface area contributed by atoms with Gasteiger partial charge in [0.1, 0.15) is 11.8 Å². The van der Waals surface area contributed by atoms with Gasteiger partial charge in [0.05, 0.1) is 11.6 Å². The Morgan fingerprint density at radius 3 is 2.59 bits per heavy atom. The van der Waals surface area contributed by atoms with Crippen LogP contribution in [0.15, 0.2) is 22.7 Å². The van der Waals surface area contributed by atoms with Gasteiger partial charge in [0, 0.05) is 25.0 Å². The molecule has 0 aliphatic carbocycles. The maximum absolute atomic E-state index is 12.9. The smallest absolute Gasteiger partial charge is 0.323 e.